The molecule has 0 aliphatic carbocycles. The predicted octanol–water partition coefficient (Wildman–Crippen LogP) is 3.26. The number of aromatic amines is 2. The number of aryl methyl sites for hydroxylation is 2. The Morgan fingerprint density at radius 2 is 1.21 bits per heavy atom. The average molecular weight is 190 g/mol. The predicted molar refractivity (Wildman–Crippen MR) is 60.5 cm³/mol. The molecule has 0 saturated carbocycles. The van der Waals surface area contributed by atoms with Crippen molar-refractivity contribution in [2.24, 2.45) is 0 Å². The molecule has 0 fully saturated rings. The number of hydrogen-bond donors (Lipinski definition) is 2. The molecular weight excluding hydrogens is 172 g/mol. The summed E-state index contributed by atoms with van der Waals surface area (Å²) in [5, 5.41) is 0. The van der Waals surface area contributed by atoms with Gasteiger partial charge in [-0.2, -0.15) is 0 Å². The Morgan fingerprint density at radius 1 is 0.786 bits per heavy atom. The molecule has 0 unspecified atom stereocenters. The summed E-state index contributed by atoms with van der Waals surface area (Å²) in [4.78, 5) is 6.14. The van der Waals surface area contributed by atoms with Crippen LogP contribution in [0.1, 0.15) is 22.5 Å². The SMILES string of the molecule is Cc1[nH]c(C)c(C)c1C.c1cc[nH]c1. The molecule has 0 amide bonds. The van der Waals surface area contributed by atoms with Gasteiger partial charge in [0.2, 0.25) is 0 Å². The van der Waals surface area contributed by atoms with Gasteiger partial charge in [0.05, 0.1) is 0 Å². The fraction of sp³-hybridized carbons (Fsp3) is 0.333. The Kier molecular flexibility index (Phi) is 3.57. The third kappa shape index (κ3) is 2.52. The second-order valence-electron chi connectivity index (χ2n) is 3.51. The maximum atomic E-state index is 3.28. The number of H-pyrrole nitrogens is 2. The fourth-order valence-corrected chi connectivity index (χ4v) is 1.31. The highest BCUT2D eigenvalue weighted by atomic mass is 14.7. The van der Waals surface area contributed by atoms with E-state index in [0.29, 0.717) is 0 Å². The van der Waals surface area contributed by atoms with Gasteiger partial charge in [-0.15, -0.1) is 0 Å². The first-order valence-electron chi connectivity index (χ1n) is 4.83. The van der Waals surface area contributed by atoms with Gasteiger partial charge in [-0.25, -0.2) is 0 Å². The van der Waals surface area contributed by atoms with E-state index >= 15 is 0 Å². The van der Waals surface area contributed by atoms with Crippen molar-refractivity contribution in [3.63, 3.8) is 0 Å². The highest BCUT2D eigenvalue weighted by Gasteiger charge is 2.00. The average Bonchev–Trinajstić information content (AvgIpc) is 2.78. The van der Waals surface area contributed by atoms with E-state index in [4.69, 9.17) is 0 Å². The first kappa shape index (κ1) is 10.6. The molecule has 0 spiro atoms. The lowest BCUT2D eigenvalue weighted by atomic mass is 10.2. The van der Waals surface area contributed by atoms with Crippen molar-refractivity contribution in [2.75, 3.05) is 0 Å². The Balaban J connectivity index is 0.000000165. The smallest absolute Gasteiger partial charge is 0.0150 e. The van der Waals surface area contributed by atoms with Crippen molar-refractivity contribution < 1.29 is 0 Å². The second-order valence-corrected chi connectivity index (χ2v) is 3.51. The van der Waals surface area contributed by atoms with Crippen LogP contribution in [0.15, 0.2) is 24.5 Å². The lowest BCUT2D eigenvalue weighted by Crippen LogP contribution is -1.73. The molecule has 0 aliphatic rings. The molecule has 2 heteroatoms. The lowest BCUT2D eigenvalue weighted by Gasteiger charge is -1.88. The molecule has 0 bridgehead atoms. The summed E-state index contributed by atoms with van der Waals surface area (Å²) in [5.41, 5.74) is 5.38. The van der Waals surface area contributed by atoms with Gasteiger partial charge in [0.1, 0.15) is 0 Å². The normalized spacial score (nSPS) is 9.43. The van der Waals surface area contributed by atoms with Crippen molar-refractivity contribution in [1.29, 1.82) is 0 Å². The Labute approximate surface area is 85.4 Å². The number of aromatic nitrogens is 2. The lowest BCUT2D eigenvalue weighted by molar-refractivity contribution is 1.17. The summed E-state index contributed by atoms with van der Waals surface area (Å²) in [5.74, 6) is 0. The van der Waals surface area contributed by atoms with E-state index in [0.717, 1.165) is 0 Å². The highest BCUT2D eigenvalue weighted by molar-refractivity contribution is 5.32. The van der Waals surface area contributed by atoms with Crippen LogP contribution in [0.2, 0.25) is 0 Å². The third-order valence-electron chi connectivity index (χ3n) is 2.56. The van der Waals surface area contributed by atoms with Crippen LogP contribution in [0, 0.1) is 27.7 Å². The molecule has 2 N–H and O–H groups in total. The zero-order valence-corrected chi connectivity index (χ0v) is 9.31. The second kappa shape index (κ2) is 4.70. The van der Waals surface area contributed by atoms with Gasteiger partial charge < -0.3 is 9.97 Å². The molecular formula is C12H18N2. The van der Waals surface area contributed by atoms with Crippen LogP contribution in [0.25, 0.3) is 0 Å². The molecule has 2 heterocycles. The van der Waals surface area contributed by atoms with E-state index in [1.54, 1.807) is 0 Å². The maximum absolute atomic E-state index is 3.28. The number of nitrogens with one attached hydrogen (secondary N) is 2. The molecule has 76 valence electrons. The summed E-state index contributed by atoms with van der Waals surface area (Å²) < 4.78 is 0. The van der Waals surface area contributed by atoms with E-state index in [1.165, 1.54) is 22.5 Å². The molecule has 0 aliphatic heterocycles. The topological polar surface area (TPSA) is 31.6 Å². The molecule has 2 aromatic rings. The molecule has 14 heavy (non-hydrogen) atoms. The Morgan fingerprint density at radius 3 is 1.36 bits per heavy atom. The minimum atomic E-state index is 1.30. The first-order chi connectivity index (χ1) is 6.63. The molecule has 0 aromatic carbocycles. The van der Waals surface area contributed by atoms with Gasteiger partial charge in [0.25, 0.3) is 0 Å². The largest absolute Gasteiger partial charge is 0.368 e. The molecule has 0 saturated heterocycles. The summed E-state index contributed by atoms with van der Waals surface area (Å²) in [6.45, 7) is 8.51. The third-order valence-corrected chi connectivity index (χ3v) is 2.56. The molecule has 2 aromatic heterocycles. The summed E-state index contributed by atoms with van der Waals surface area (Å²) >= 11 is 0. The Bertz CT molecular complexity index is 329. The van der Waals surface area contributed by atoms with E-state index in [2.05, 4.69) is 37.7 Å². The van der Waals surface area contributed by atoms with Crippen LogP contribution in [0.3, 0.4) is 0 Å². The number of hydrogen-bond acceptors (Lipinski definition) is 0. The van der Waals surface area contributed by atoms with Crippen LogP contribution in [-0.4, -0.2) is 9.97 Å². The fourth-order valence-electron chi connectivity index (χ4n) is 1.31. The van der Waals surface area contributed by atoms with Gasteiger partial charge in [0.15, 0.2) is 0 Å². The van der Waals surface area contributed by atoms with Crippen LogP contribution in [-0.2, 0) is 0 Å². The van der Waals surface area contributed by atoms with Crippen molar-refractivity contribution in [3.8, 4) is 0 Å². The van der Waals surface area contributed by atoms with Crippen molar-refractivity contribution in [3.05, 3.63) is 47.0 Å². The van der Waals surface area contributed by atoms with Gasteiger partial charge in [-0.05, 0) is 51.0 Å². The van der Waals surface area contributed by atoms with E-state index in [-0.39, 0.29) is 0 Å². The van der Waals surface area contributed by atoms with Crippen LogP contribution >= 0.6 is 0 Å². The van der Waals surface area contributed by atoms with Gasteiger partial charge >= 0.3 is 0 Å². The summed E-state index contributed by atoms with van der Waals surface area (Å²) in [6, 6.07) is 3.89. The highest BCUT2D eigenvalue weighted by Crippen LogP contribution is 2.14. The first-order valence-corrected chi connectivity index (χ1v) is 4.83. The standard InChI is InChI=1S/C8H13N.C4H5N/c1-5-6(2)8(4)9-7(5)3;1-2-4-5-3-1/h9H,1-4H3;1-5H. The van der Waals surface area contributed by atoms with Gasteiger partial charge in [0, 0.05) is 23.8 Å². The van der Waals surface area contributed by atoms with Crippen LogP contribution in [0.5, 0.6) is 0 Å². The zero-order chi connectivity index (χ0) is 10.6. The van der Waals surface area contributed by atoms with E-state index < -0.39 is 0 Å². The van der Waals surface area contributed by atoms with E-state index in [1.807, 2.05) is 24.5 Å². The molecule has 2 rings (SSSR count). The van der Waals surface area contributed by atoms with E-state index in [9.17, 15) is 0 Å². The number of rotatable bonds is 0. The monoisotopic (exact) mass is 190 g/mol. The van der Waals surface area contributed by atoms with Gasteiger partial charge in [-0.1, -0.05) is 0 Å². The van der Waals surface area contributed by atoms with Crippen molar-refractivity contribution in [1.82, 2.24) is 9.97 Å². The quantitative estimate of drug-likeness (QED) is 0.639. The van der Waals surface area contributed by atoms with Gasteiger partial charge in [-0.3, -0.25) is 0 Å². The van der Waals surface area contributed by atoms with Crippen LogP contribution < -0.4 is 0 Å². The van der Waals surface area contributed by atoms with Crippen molar-refractivity contribution >= 4 is 0 Å². The maximum Gasteiger partial charge on any atom is 0.0150 e. The molecule has 0 radical (unpaired) electrons. The van der Waals surface area contributed by atoms with Crippen molar-refractivity contribution in [2.45, 2.75) is 27.7 Å². The Hall–Kier alpha value is -1.44. The minimum Gasteiger partial charge on any atom is -0.368 e. The minimum absolute atomic E-state index is 1.30. The summed E-state index contributed by atoms with van der Waals surface area (Å²) in [7, 11) is 0. The van der Waals surface area contributed by atoms with Crippen LogP contribution in [0.4, 0.5) is 0 Å². The molecule has 2 nitrogen and oxygen atoms in total. The molecule has 0 atom stereocenters. The summed E-state index contributed by atoms with van der Waals surface area (Å²) in [6.07, 6.45) is 3.75. The zero-order valence-electron chi connectivity index (χ0n) is 9.31.